The molecule has 3 atom stereocenters. The van der Waals surface area contributed by atoms with Gasteiger partial charge < -0.3 is 29.0 Å². The van der Waals surface area contributed by atoms with Gasteiger partial charge in [-0.1, -0.05) is 63.2 Å². The normalized spacial score (nSPS) is 18.5. The first-order valence-corrected chi connectivity index (χ1v) is 20.5. The number of ether oxygens (including phenoxy) is 3. The zero-order chi connectivity index (χ0) is 36.9. The van der Waals surface area contributed by atoms with Crippen LogP contribution in [0.3, 0.4) is 0 Å². The lowest BCUT2D eigenvalue weighted by Gasteiger charge is -2.52. The number of hydroxylamine groups is 2. The van der Waals surface area contributed by atoms with Gasteiger partial charge in [-0.2, -0.15) is 0 Å². The van der Waals surface area contributed by atoms with E-state index in [-0.39, 0.29) is 30.5 Å². The van der Waals surface area contributed by atoms with Crippen LogP contribution in [0.2, 0.25) is 18.1 Å². The molecule has 1 N–H and O–H groups in total. The Balaban J connectivity index is 1.43. The summed E-state index contributed by atoms with van der Waals surface area (Å²) < 4.78 is 22.9. The Hall–Kier alpha value is -4.59. The molecule has 0 spiro atoms. The molecule has 3 aromatic rings. The highest BCUT2D eigenvalue weighted by Crippen LogP contribution is 2.42. The van der Waals surface area contributed by atoms with Crippen molar-refractivity contribution in [1.82, 2.24) is 15.3 Å². The summed E-state index contributed by atoms with van der Waals surface area (Å²) in [6.07, 6.45) is 0.115. The van der Waals surface area contributed by atoms with Gasteiger partial charge in [-0.3, -0.25) is 14.4 Å². The third kappa shape index (κ3) is 8.66. The van der Waals surface area contributed by atoms with Crippen molar-refractivity contribution in [1.29, 1.82) is 0 Å². The van der Waals surface area contributed by atoms with Crippen LogP contribution in [0.25, 0.3) is 0 Å². The fourth-order valence-electron chi connectivity index (χ4n) is 5.39. The molecule has 0 radical (unpaired) electrons. The Labute approximate surface area is 304 Å². The standard InChI is InChI=1S/C38H45N3O8SSi/c1-38(2,3)51(6,7)49-40(34(43)27-15-19-30(47-5)20-16-27)22-28-24-50-36-32(39-31(42)21-25-11-9-8-10-12-25)35(44)41(36)33(28)37(45)48-23-26-13-17-29(46-4)18-14-26/h8-20,24,32-33,36H,21-23H2,1-7H3,(H,39,42)/t32-,33?,36-/m1/s1. The van der Waals surface area contributed by atoms with Gasteiger partial charge in [0.15, 0.2) is 6.04 Å². The third-order valence-electron chi connectivity index (χ3n) is 9.39. The summed E-state index contributed by atoms with van der Waals surface area (Å²) in [7, 11) is 0.537. The third-order valence-corrected chi connectivity index (χ3v) is 14.9. The SMILES string of the molecule is COc1ccc(COC(=O)C2C(CN(O[Si](C)(C)C(C)(C)C)C(=O)c3ccc(OC)cc3)=CS[C@@H]3[C@H](NC(=O)Cc4ccccc4)C(=O)N23)cc1. The number of thioether (sulfide) groups is 1. The number of hydrogen-bond donors (Lipinski definition) is 1. The van der Waals surface area contributed by atoms with Gasteiger partial charge in [0.25, 0.3) is 5.91 Å². The van der Waals surface area contributed by atoms with E-state index in [1.807, 2.05) is 43.4 Å². The second kappa shape index (κ2) is 15.7. The number of esters is 1. The number of nitrogens with zero attached hydrogens (tertiary/aromatic N) is 2. The Morgan fingerprint density at radius 1 is 0.882 bits per heavy atom. The largest absolute Gasteiger partial charge is 0.497 e. The fourth-order valence-corrected chi connectivity index (χ4v) is 7.58. The smallest absolute Gasteiger partial charge is 0.333 e. The van der Waals surface area contributed by atoms with Gasteiger partial charge in [0.1, 0.15) is 29.5 Å². The lowest BCUT2D eigenvalue weighted by atomic mass is 9.97. The minimum Gasteiger partial charge on any atom is -0.497 e. The number of carbonyl (C=O) groups is 4. The van der Waals surface area contributed by atoms with Gasteiger partial charge in [-0.05, 0) is 76.6 Å². The van der Waals surface area contributed by atoms with Crippen molar-refractivity contribution in [3.05, 3.63) is 107 Å². The lowest BCUT2D eigenvalue weighted by molar-refractivity contribution is -0.164. The van der Waals surface area contributed by atoms with Crippen LogP contribution in [0.4, 0.5) is 0 Å². The highest BCUT2D eigenvalue weighted by molar-refractivity contribution is 8.03. The molecule has 3 amide bonds. The number of nitrogens with one attached hydrogen (secondary N) is 1. The molecule has 270 valence electrons. The summed E-state index contributed by atoms with van der Waals surface area (Å²) in [5.41, 5.74) is 2.38. The number of amides is 3. The topological polar surface area (TPSA) is 124 Å². The fraction of sp³-hybridized carbons (Fsp3) is 0.368. The van der Waals surface area contributed by atoms with Crippen LogP contribution in [0.15, 0.2) is 89.8 Å². The summed E-state index contributed by atoms with van der Waals surface area (Å²) in [6.45, 7) is 10.1. The van der Waals surface area contributed by atoms with Crippen LogP contribution in [0.5, 0.6) is 11.5 Å². The van der Waals surface area contributed by atoms with Crippen molar-refractivity contribution in [3.63, 3.8) is 0 Å². The van der Waals surface area contributed by atoms with E-state index in [1.54, 1.807) is 68.2 Å². The van der Waals surface area contributed by atoms with Gasteiger partial charge in [0, 0.05) is 5.56 Å². The quantitative estimate of drug-likeness (QED) is 0.102. The molecule has 2 aliphatic rings. The summed E-state index contributed by atoms with van der Waals surface area (Å²) in [4.78, 5) is 56.3. The molecule has 1 fully saturated rings. The maximum atomic E-state index is 14.1. The number of methoxy groups -OCH3 is 2. The summed E-state index contributed by atoms with van der Waals surface area (Å²) in [5.74, 6) is -0.508. The molecule has 2 heterocycles. The second-order valence-electron chi connectivity index (χ2n) is 14.0. The number of rotatable bonds is 13. The first-order valence-electron chi connectivity index (χ1n) is 16.7. The summed E-state index contributed by atoms with van der Waals surface area (Å²) >= 11 is 1.31. The van der Waals surface area contributed by atoms with E-state index in [0.29, 0.717) is 22.6 Å². The summed E-state index contributed by atoms with van der Waals surface area (Å²) in [6, 6.07) is 21.1. The molecule has 1 unspecified atom stereocenters. The molecule has 1 saturated heterocycles. The monoisotopic (exact) mass is 731 g/mol. The van der Waals surface area contributed by atoms with Gasteiger partial charge >= 0.3 is 5.97 Å². The molecule has 51 heavy (non-hydrogen) atoms. The van der Waals surface area contributed by atoms with E-state index in [0.717, 1.165) is 11.1 Å². The highest BCUT2D eigenvalue weighted by Gasteiger charge is 2.56. The molecule has 0 aliphatic carbocycles. The number of carbonyl (C=O) groups excluding carboxylic acids is 4. The molecule has 0 saturated carbocycles. The number of hydrogen-bond acceptors (Lipinski definition) is 9. The van der Waals surface area contributed by atoms with Crippen molar-refractivity contribution in [3.8, 4) is 11.5 Å². The van der Waals surface area contributed by atoms with Crippen molar-refractivity contribution in [2.24, 2.45) is 0 Å². The highest BCUT2D eigenvalue weighted by atomic mass is 32.2. The van der Waals surface area contributed by atoms with E-state index in [9.17, 15) is 19.2 Å². The predicted molar refractivity (Wildman–Crippen MR) is 197 cm³/mol. The molecule has 11 nitrogen and oxygen atoms in total. The minimum atomic E-state index is -2.58. The van der Waals surface area contributed by atoms with Crippen LogP contribution < -0.4 is 14.8 Å². The Morgan fingerprint density at radius 2 is 1.49 bits per heavy atom. The van der Waals surface area contributed by atoms with Gasteiger partial charge in [-0.25, -0.2) is 9.86 Å². The Kier molecular flexibility index (Phi) is 11.6. The molecule has 0 aromatic heterocycles. The molecule has 3 aromatic carbocycles. The van der Waals surface area contributed by atoms with Crippen LogP contribution in [0, 0.1) is 0 Å². The van der Waals surface area contributed by atoms with Crippen LogP contribution in [0.1, 0.15) is 42.3 Å². The average Bonchev–Trinajstić information content (AvgIpc) is 3.12. The van der Waals surface area contributed by atoms with Crippen molar-refractivity contribution >= 4 is 43.8 Å². The van der Waals surface area contributed by atoms with Gasteiger partial charge in [0.05, 0.1) is 27.2 Å². The summed E-state index contributed by atoms with van der Waals surface area (Å²) in [5, 5.41) is 5.15. The number of benzene rings is 3. The van der Waals surface area contributed by atoms with Crippen molar-refractivity contribution in [2.45, 2.75) is 69.4 Å². The Bertz CT molecular complexity index is 1760. The minimum absolute atomic E-state index is 0.0430. The average molecular weight is 732 g/mol. The molecule has 2 aliphatic heterocycles. The van der Waals surface area contributed by atoms with Crippen molar-refractivity contribution < 1.29 is 37.9 Å². The molecular formula is C38H45N3O8SSi. The second-order valence-corrected chi connectivity index (χ2v) is 19.6. The number of fused-ring (bicyclic) bond motifs is 1. The van der Waals surface area contributed by atoms with Gasteiger partial charge in [-0.15, -0.1) is 11.8 Å². The molecule has 5 rings (SSSR count). The van der Waals surface area contributed by atoms with Crippen LogP contribution in [-0.4, -0.2) is 80.2 Å². The lowest BCUT2D eigenvalue weighted by Crippen LogP contribution is -2.74. The maximum absolute atomic E-state index is 14.1. The Morgan fingerprint density at radius 3 is 2.08 bits per heavy atom. The zero-order valence-corrected chi connectivity index (χ0v) is 31.8. The van der Waals surface area contributed by atoms with Gasteiger partial charge in [0.2, 0.25) is 20.1 Å². The molecular weight excluding hydrogens is 687 g/mol. The van der Waals surface area contributed by atoms with Crippen LogP contribution >= 0.6 is 11.8 Å². The van der Waals surface area contributed by atoms with E-state index in [2.05, 4.69) is 26.1 Å². The molecule has 13 heteroatoms. The van der Waals surface area contributed by atoms with Crippen molar-refractivity contribution in [2.75, 3.05) is 20.8 Å². The van der Waals surface area contributed by atoms with Crippen LogP contribution in [-0.2, 0) is 36.7 Å². The zero-order valence-electron chi connectivity index (χ0n) is 30.0. The number of β-lactam (4-membered cyclic amide) rings is 1. The first-order chi connectivity index (χ1) is 24.2. The predicted octanol–water partition coefficient (Wildman–Crippen LogP) is 5.72. The van der Waals surface area contributed by atoms with E-state index in [4.69, 9.17) is 18.7 Å². The van der Waals surface area contributed by atoms with E-state index < -0.39 is 43.6 Å². The first kappa shape index (κ1) is 37.7. The maximum Gasteiger partial charge on any atom is 0.333 e. The van der Waals surface area contributed by atoms with E-state index >= 15 is 0 Å². The van der Waals surface area contributed by atoms with E-state index in [1.165, 1.54) is 21.7 Å². The molecule has 0 bridgehead atoms.